The smallest absolute Gasteiger partial charge is 0.309 e. The number of anilines is 1. The Morgan fingerprint density at radius 1 is 1.17 bits per heavy atom. The summed E-state index contributed by atoms with van der Waals surface area (Å²) < 4.78 is 5.38. The summed E-state index contributed by atoms with van der Waals surface area (Å²) >= 11 is 0. The van der Waals surface area contributed by atoms with Gasteiger partial charge in [0, 0.05) is 37.9 Å². The molecule has 3 rings (SSSR count). The van der Waals surface area contributed by atoms with Crippen LogP contribution in [0.25, 0.3) is 0 Å². The molecule has 0 aromatic heterocycles. The molecule has 2 aliphatic rings. The predicted octanol–water partition coefficient (Wildman–Crippen LogP) is 3.09. The number of ether oxygens (including phenoxy) is 1. The fourth-order valence-electron chi connectivity index (χ4n) is 4.42. The van der Waals surface area contributed by atoms with Crippen molar-refractivity contribution >= 4 is 11.7 Å². The quantitative estimate of drug-likeness (QED) is 0.784. The van der Waals surface area contributed by atoms with Gasteiger partial charge < -0.3 is 14.7 Å². The van der Waals surface area contributed by atoms with Crippen molar-refractivity contribution in [1.29, 1.82) is 5.26 Å². The van der Waals surface area contributed by atoms with Crippen LogP contribution in [0.1, 0.15) is 58.4 Å². The first kappa shape index (κ1) is 21.6. The topological polar surface area (TPSA) is 76.8 Å². The molecule has 0 atom stereocenters. The van der Waals surface area contributed by atoms with Crippen LogP contribution in [0.4, 0.5) is 5.69 Å². The Kier molecular flexibility index (Phi) is 6.50. The van der Waals surface area contributed by atoms with Crippen molar-refractivity contribution in [3.63, 3.8) is 0 Å². The highest BCUT2D eigenvalue weighted by atomic mass is 16.6. The van der Waals surface area contributed by atoms with Gasteiger partial charge in [-0.15, -0.1) is 0 Å². The molecular formula is C23H33N3O3. The Hall–Kier alpha value is -2.10. The summed E-state index contributed by atoms with van der Waals surface area (Å²) in [6.45, 7) is 9.47. The van der Waals surface area contributed by atoms with Crippen LogP contribution < -0.4 is 4.90 Å². The number of carbonyl (C=O) groups is 1. The number of nitrogens with zero attached hydrogens (tertiary/aromatic N) is 3. The molecule has 1 saturated carbocycles. The lowest BCUT2D eigenvalue weighted by Crippen LogP contribution is -2.52. The van der Waals surface area contributed by atoms with E-state index in [4.69, 9.17) is 10.00 Å². The van der Waals surface area contributed by atoms with Crippen LogP contribution in [0, 0.1) is 11.3 Å². The second-order valence-corrected chi connectivity index (χ2v) is 9.40. The number of carbonyl (C=O) groups excluding carboxylic acids is 1. The molecular weight excluding hydrogens is 366 g/mol. The average molecular weight is 400 g/mol. The largest absolute Gasteiger partial charge is 0.460 e. The average Bonchev–Trinajstić information content (AvgIpc) is 2.67. The van der Waals surface area contributed by atoms with Crippen molar-refractivity contribution in [2.45, 2.75) is 70.1 Å². The highest BCUT2D eigenvalue weighted by Gasteiger charge is 2.38. The molecule has 0 spiro atoms. The van der Waals surface area contributed by atoms with Crippen LogP contribution in [-0.2, 0) is 9.53 Å². The molecule has 2 fully saturated rings. The lowest BCUT2D eigenvalue weighted by atomic mass is 9.79. The molecule has 1 aromatic rings. The molecule has 0 unspecified atom stereocenters. The number of rotatable bonds is 4. The fraction of sp³-hybridized carbons (Fsp3) is 0.652. The highest BCUT2D eigenvalue weighted by molar-refractivity contribution is 5.71. The summed E-state index contributed by atoms with van der Waals surface area (Å²) in [5.74, 6) is -0.311. The number of nitriles is 1. The van der Waals surface area contributed by atoms with Crippen molar-refractivity contribution in [2.24, 2.45) is 0 Å². The van der Waals surface area contributed by atoms with E-state index in [1.165, 1.54) is 5.69 Å². The molecule has 0 radical (unpaired) electrons. The maximum Gasteiger partial charge on any atom is 0.309 e. The molecule has 1 N–H and O–H groups in total. The maximum absolute atomic E-state index is 12.1. The zero-order valence-corrected chi connectivity index (χ0v) is 17.9. The number of benzene rings is 1. The van der Waals surface area contributed by atoms with Gasteiger partial charge in [-0.3, -0.25) is 9.69 Å². The second kappa shape index (κ2) is 8.73. The summed E-state index contributed by atoms with van der Waals surface area (Å²) in [5, 5.41) is 19.8. The van der Waals surface area contributed by atoms with Gasteiger partial charge in [-0.2, -0.15) is 5.26 Å². The molecule has 1 heterocycles. The van der Waals surface area contributed by atoms with Crippen LogP contribution in [0.5, 0.6) is 0 Å². The number of aliphatic hydroxyl groups is 1. The first-order chi connectivity index (χ1) is 13.7. The Balaban J connectivity index is 1.46. The Morgan fingerprint density at radius 2 is 1.76 bits per heavy atom. The van der Waals surface area contributed by atoms with E-state index >= 15 is 0 Å². The van der Waals surface area contributed by atoms with Crippen molar-refractivity contribution in [3.8, 4) is 6.07 Å². The molecule has 1 aliphatic carbocycles. The standard InChI is InChI=1S/C23H33N3O3/c1-22(2,3)29-21(27)16-23(28)10-8-20(9-11-23)26-14-12-25(13-15-26)19-6-4-18(17-24)5-7-19/h4-7,20,28H,8-16H2,1-3H3. The highest BCUT2D eigenvalue weighted by Crippen LogP contribution is 2.34. The van der Waals surface area contributed by atoms with E-state index < -0.39 is 11.2 Å². The third-order valence-corrected chi connectivity index (χ3v) is 5.97. The van der Waals surface area contributed by atoms with Crippen LogP contribution in [0.15, 0.2) is 24.3 Å². The number of esters is 1. The number of piperazine rings is 1. The first-order valence-electron chi connectivity index (χ1n) is 10.6. The van der Waals surface area contributed by atoms with Gasteiger partial charge in [0.05, 0.1) is 23.7 Å². The second-order valence-electron chi connectivity index (χ2n) is 9.40. The lowest BCUT2D eigenvalue weighted by Gasteiger charge is -2.44. The molecule has 6 nitrogen and oxygen atoms in total. The van der Waals surface area contributed by atoms with E-state index in [0.29, 0.717) is 24.4 Å². The van der Waals surface area contributed by atoms with Crippen LogP contribution in [0.2, 0.25) is 0 Å². The van der Waals surface area contributed by atoms with Crippen molar-refractivity contribution in [3.05, 3.63) is 29.8 Å². The van der Waals surface area contributed by atoms with Gasteiger partial charge in [-0.05, 0) is 70.7 Å². The molecule has 158 valence electrons. The zero-order chi connectivity index (χ0) is 21.1. The third kappa shape index (κ3) is 5.94. The van der Waals surface area contributed by atoms with Crippen molar-refractivity contribution < 1.29 is 14.6 Å². The van der Waals surface area contributed by atoms with E-state index in [9.17, 15) is 9.90 Å². The van der Waals surface area contributed by atoms with Gasteiger partial charge >= 0.3 is 5.97 Å². The van der Waals surface area contributed by atoms with E-state index in [-0.39, 0.29) is 12.4 Å². The van der Waals surface area contributed by atoms with Gasteiger partial charge in [0.15, 0.2) is 0 Å². The Morgan fingerprint density at radius 3 is 2.28 bits per heavy atom. The van der Waals surface area contributed by atoms with Gasteiger partial charge in [0.2, 0.25) is 0 Å². The van der Waals surface area contributed by atoms with Crippen LogP contribution in [0.3, 0.4) is 0 Å². The van der Waals surface area contributed by atoms with Crippen molar-refractivity contribution in [2.75, 3.05) is 31.1 Å². The zero-order valence-electron chi connectivity index (χ0n) is 17.9. The molecule has 0 bridgehead atoms. The molecule has 1 aliphatic heterocycles. The molecule has 29 heavy (non-hydrogen) atoms. The lowest BCUT2D eigenvalue weighted by molar-refractivity contribution is -0.162. The van der Waals surface area contributed by atoms with E-state index in [0.717, 1.165) is 39.0 Å². The van der Waals surface area contributed by atoms with Crippen LogP contribution in [-0.4, -0.2) is 59.4 Å². The first-order valence-corrected chi connectivity index (χ1v) is 10.6. The monoisotopic (exact) mass is 399 g/mol. The fourth-order valence-corrected chi connectivity index (χ4v) is 4.42. The van der Waals surface area contributed by atoms with E-state index in [1.54, 1.807) is 0 Å². The summed E-state index contributed by atoms with van der Waals surface area (Å²) in [7, 11) is 0. The van der Waals surface area contributed by atoms with Gasteiger partial charge in [-0.25, -0.2) is 0 Å². The molecule has 6 heteroatoms. The summed E-state index contributed by atoms with van der Waals surface area (Å²) in [5.41, 5.74) is 0.412. The van der Waals surface area contributed by atoms with Gasteiger partial charge in [0.1, 0.15) is 5.60 Å². The maximum atomic E-state index is 12.1. The minimum absolute atomic E-state index is 0.0868. The normalized spacial score (nSPS) is 26.0. The molecule has 0 amide bonds. The van der Waals surface area contributed by atoms with Crippen LogP contribution >= 0.6 is 0 Å². The summed E-state index contributed by atoms with van der Waals surface area (Å²) in [6, 6.07) is 10.4. The number of hydrogen-bond donors (Lipinski definition) is 1. The summed E-state index contributed by atoms with van der Waals surface area (Å²) in [6.07, 6.45) is 3.20. The SMILES string of the molecule is CC(C)(C)OC(=O)CC1(O)CCC(N2CCN(c3ccc(C#N)cc3)CC2)CC1. The Bertz CT molecular complexity index is 732. The van der Waals surface area contributed by atoms with E-state index in [2.05, 4.69) is 15.9 Å². The predicted molar refractivity (Wildman–Crippen MR) is 113 cm³/mol. The van der Waals surface area contributed by atoms with Gasteiger partial charge in [0.25, 0.3) is 0 Å². The Labute approximate surface area is 174 Å². The molecule has 1 aromatic carbocycles. The van der Waals surface area contributed by atoms with Gasteiger partial charge in [-0.1, -0.05) is 0 Å². The number of hydrogen-bond acceptors (Lipinski definition) is 6. The van der Waals surface area contributed by atoms with E-state index in [1.807, 2.05) is 45.0 Å². The third-order valence-electron chi connectivity index (χ3n) is 5.97. The van der Waals surface area contributed by atoms with Crippen molar-refractivity contribution in [1.82, 2.24) is 4.90 Å². The molecule has 1 saturated heterocycles. The minimum Gasteiger partial charge on any atom is -0.460 e. The minimum atomic E-state index is -0.927. The summed E-state index contributed by atoms with van der Waals surface area (Å²) in [4.78, 5) is 17.0.